The van der Waals surface area contributed by atoms with Crippen molar-refractivity contribution in [3.8, 4) is 0 Å². The van der Waals surface area contributed by atoms with Gasteiger partial charge >= 0.3 is 0 Å². The number of nitrogens with one attached hydrogen (secondary N) is 1. The fraction of sp³-hybridized carbons (Fsp3) is 0.440. The number of hydrogen-bond donors (Lipinski definition) is 1. The molecule has 0 radical (unpaired) electrons. The van der Waals surface area contributed by atoms with Gasteiger partial charge in [-0.25, -0.2) is 0 Å². The predicted octanol–water partition coefficient (Wildman–Crippen LogP) is 5.44. The smallest absolute Gasteiger partial charge is 0.257 e. The molecule has 1 fully saturated rings. The number of rotatable bonds is 8. The fourth-order valence-electron chi connectivity index (χ4n) is 3.60. The molecular weight excluding hydrogens is 410 g/mol. The highest BCUT2D eigenvalue weighted by Crippen LogP contribution is 2.34. The second kappa shape index (κ2) is 9.73. The first-order valence-electron chi connectivity index (χ1n) is 10.9. The second-order valence-electron chi connectivity index (χ2n) is 8.90. The van der Waals surface area contributed by atoms with Gasteiger partial charge in [-0.1, -0.05) is 37.6 Å². The molecule has 1 N–H and O–H groups in total. The molecule has 0 saturated heterocycles. The molecule has 6 heteroatoms. The first kappa shape index (κ1) is 23.1. The summed E-state index contributed by atoms with van der Waals surface area (Å²) in [5.74, 6) is 0.493. The van der Waals surface area contributed by atoms with Crippen LogP contribution >= 0.6 is 11.6 Å². The van der Waals surface area contributed by atoms with Gasteiger partial charge in [-0.05, 0) is 61.6 Å². The molecule has 0 aliphatic heterocycles. The van der Waals surface area contributed by atoms with Crippen LogP contribution in [0, 0.1) is 11.8 Å². The summed E-state index contributed by atoms with van der Waals surface area (Å²) < 4.78 is 0. The van der Waals surface area contributed by atoms with Crippen molar-refractivity contribution in [2.24, 2.45) is 11.8 Å². The Labute approximate surface area is 190 Å². The van der Waals surface area contributed by atoms with Crippen LogP contribution in [0.1, 0.15) is 49.5 Å². The van der Waals surface area contributed by atoms with E-state index in [1.807, 2.05) is 42.1 Å². The molecule has 1 atom stereocenters. The number of carbonyl (C=O) groups is 2. The molecule has 1 aliphatic carbocycles. The van der Waals surface area contributed by atoms with E-state index in [1.54, 1.807) is 24.3 Å². The Balaban J connectivity index is 1.89. The summed E-state index contributed by atoms with van der Waals surface area (Å²) in [6.07, 6.45) is 1.96. The van der Waals surface area contributed by atoms with E-state index < -0.39 is 0 Å². The van der Waals surface area contributed by atoms with Gasteiger partial charge in [-0.3, -0.25) is 9.59 Å². The van der Waals surface area contributed by atoms with E-state index in [-0.39, 0.29) is 23.8 Å². The minimum atomic E-state index is -0.254. The van der Waals surface area contributed by atoms with Gasteiger partial charge in [0, 0.05) is 44.0 Å². The van der Waals surface area contributed by atoms with E-state index in [4.69, 9.17) is 11.6 Å². The molecule has 5 nitrogen and oxygen atoms in total. The summed E-state index contributed by atoms with van der Waals surface area (Å²) in [5, 5.41) is 3.36. The topological polar surface area (TPSA) is 52.7 Å². The zero-order valence-corrected chi connectivity index (χ0v) is 19.7. The normalized spacial score (nSPS) is 14.3. The van der Waals surface area contributed by atoms with Crippen molar-refractivity contribution in [1.29, 1.82) is 0 Å². The van der Waals surface area contributed by atoms with Gasteiger partial charge in [-0.2, -0.15) is 0 Å². The highest BCUT2D eigenvalue weighted by molar-refractivity contribution is 6.34. The van der Waals surface area contributed by atoms with Crippen LogP contribution in [-0.4, -0.2) is 36.9 Å². The molecule has 2 amide bonds. The lowest BCUT2D eigenvalue weighted by molar-refractivity contribution is -0.136. The molecule has 1 aliphatic rings. The van der Waals surface area contributed by atoms with Gasteiger partial charge in [0.05, 0.1) is 10.6 Å². The van der Waals surface area contributed by atoms with Crippen LogP contribution in [0.2, 0.25) is 5.02 Å². The van der Waals surface area contributed by atoms with Gasteiger partial charge < -0.3 is 15.1 Å². The Morgan fingerprint density at radius 2 is 1.77 bits per heavy atom. The summed E-state index contributed by atoms with van der Waals surface area (Å²) in [6.45, 7) is 6.91. The number of carbonyl (C=O) groups excluding carboxylic acids is 2. The van der Waals surface area contributed by atoms with Crippen LogP contribution in [0.5, 0.6) is 0 Å². The first-order chi connectivity index (χ1) is 14.7. The fourth-order valence-corrected chi connectivity index (χ4v) is 3.82. The van der Waals surface area contributed by atoms with Gasteiger partial charge in [-0.15, -0.1) is 0 Å². The molecule has 0 spiro atoms. The summed E-state index contributed by atoms with van der Waals surface area (Å²) in [4.78, 5) is 29.8. The minimum absolute atomic E-state index is 0.129. The SMILES string of the molecule is CC(C)[C@H](C)N(Cc1cc(NC(=O)c2ccccc2Cl)ccc1N(C)C)C(=O)C1CC1. The number of halogens is 1. The van der Waals surface area contributed by atoms with Crippen LogP contribution in [0.15, 0.2) is 42.5 Å². The summed E-state index contributed by atoms with van der Waals surface area (Å²) >= 11 is 6.18. The summed E-state index contributed by atoms with van der Waals surface area (Å²) in [6, 6.07) is 12.9. The number of nitrogens with zero attached hydrogens (tertiary/aromatic N) is 2. The Kier molecular flexibility index (Phi) is 7.26. The van der Waals surface area contributed by atoms with E-state index in [1.165, 1.54) is 0 Å². The highest BCUT2D eigenvalue weighted by atomic mass is 35.5. The maximum atomic E-state index is 13.1. The lowest BCUT2D eigenvalue weighted by Crippen LogP contribution is -2.42. The van der Waals surface area contributed by atoms with Crippen molar-refractivity contribution in [3.63, 3.8) is 0 Å². The molecule has 166 valence electrons. The maximum absolute atomic E-state index is 13.1. The van der Waals surface area contributed by atoms with Crippen molar-refractivity contribution >= 4 is 34.8 Å². The largest absolute Gasteiger partial charge is 0.377 e. The zero-order valence-electron chi connectivity index (χ0n) is 19.0. The summed E-state index contributed by atoms with van der Waals surface area (Å²) in [7, 11) is 3.97. The Morgan fingerprint density at radius 1 is 1.10 bits per heavy atom. The third-order valence-corrected chi connectivity index (χ3v) is 6.27. The number of anilines is 2. The Bertz CT molecular complexity index is 954. The van der Waals surface area contributed by atoms with E-state index in [9.17, 15) is 9.59 Å². The van der Waals surface area contributed by atoms with Crippen LogP contribution in [0.25, 0.3) is 0 Å². The van der Waals surface area contributed by atoms with Crippen LogP contribution in [0.3, 0.4) is 0 Å². The van der Waals surface area contributed by atoms with Gasteiger partial charge in [0.2, 0.25) is 5.91 Å². The summed E-state index contributed by atoms with van der Waals surface area (Å²) in [5.41, 5.74) is 3.15. The van der Waals surface area contributed by atoms with Crippen molar-refractivity contribution in [2.75, 3.05) is 24.3 Å². The van der Waals surface area contributed by atoms with E-state index in [0.29, 0.717) is 28.7 Å². The van der Waals surface area contributed by atoms with Crippen molar-refractivity contribution < 1.29 is 9.59 Å². The molecular formula is C25H32ClN3O2. The average molecular weight is 442 g/mol. The molecule has 0 unspecified atom stereocenters. The molecule has 2 aromatic carbocycles. The standard InChI is InChI=1S/C25H32ClN3O2/c1-16(2)17(3)29(25(31)18-10-11-18)15-19-14-20(12-13-23(19)28(4)5)27-24(30)21-8-6-7-9-22(21)26/h6-9,12-14,16-18H,10-11,15H2,1-5H3,(H,27,30)/t17-/m0/s1. The van der Waals surface area contributed by atoms with Crippen LogP contribution in [-0.2, 0) is 11.3 Å². The third-order valence-electron chi connectivity index (χ3n) is 5.94. The highest BCUT2D eigenvalue weighted by Gasteiger charge is 2.36. The van der Waals surface area contributed by atoms with Crippen LogP contribution in [0.4, 0.5) is 11.4 Å². The van der Waals surface area contributed by atoms with Gasteiger partial charge in [0.1, 0.15) is 0 Å². The van der Waals surface area contributed by atoms with Crippen molar-refractivity contribution in [1.82, 2.24) is 4.90 Å². The molecule has 1 saturated carbocycles. The van der Waals surface area contributed by atoms with Gasteiger partial charge in [0.25, 0.3) is 5.91 Å². The van der Waals surface area contributed by atoms with Gasteiger partial charge in [0.15, 0.2) is 0 Å². The van der Waals surface area contributed by atoms with E-state index >= 15 is 0 Å². The molecule has 0 bridgehead atoms. The molecule has 0 heterocycles. The molecule has 31 heavy (non-hydrogen) atoms. The Morgan fingerprint density at radius 3 is 2.35 bits per heavy atom. The monoisotopic (exact) mass is 441 g/mol. The molecule has 2 aromatic rings. The number of benzene rings is 2. The predicted molar refractivity (Wildman–Crippen MR) is 128 cm³/mol. The second-order valence-corrected chi connectivity index (χ2v) is 9.30. The number of amides is 2. The van der Waals surface area contributed by atoms with E-state index in [2.05, 4.69) is 26.1 Å². The first-order valence-corrected chi connectivity index (χ1v) is 11.2. The lowest BCUT2D eigenvalue weighted by Gasteiger charge is -2.33. The third kappa shape index (κ3) is 5.59. The van der Waals surface area contributed by atoms with E-state index in [0.717, 1.165) is 24.1 Å². The average Bonchev–Trinajstić information content (AvgIpc) is 3.56. The maximum Gasteiger partial charge on any atom is 0.257 e. The molecule has 0 aromatic heterocycles. The quantitative estimate of drug-likeness (QED) is 0.593. The van der Waals surface area contributed by atoms with Crippen molar-refractivity contribution in [3.05, 3.63) is 58.6 Å². The van der Waals surface area contributed by atoms with Crippen LogP contribution < -0.4 is 10.2 Å². The van der Waals surface area contributed by atoms with Crippen molar-refractivity contribution in [2.45, 2.75) is 46.2 Å². The lowest BCUT2D eigenvalue weighted by atomic mass is 10.0. The Hall–Kier alpha value is -2.53. The number of hydrogen-bond acceptors (Lipinski definition) is 3. The molecule has 3 rings (SSSR count). The minimum Gasteiger partial charge on any atom is -0.377 e. The zero-order chi connectivity index (χ0) is 22.7.